The lowest BCUT2D eigenvalue weighted by atomic mass is 10.1. The van der Waals surface area contributed by atoms with Gasteiger partial charge in [0.2, 0.25) is 0 Å². The molecule has 1 aromatic heterocycles. The maximum absolute atomic E-state index is 5.75. The fourth-order valence-electron chi connectivity index (χ4n) is 2.14. The summed E-state index contributed by atoms with van der Waals surface area (Å²) in [5, 5.41) is 4.63. The van der Waals surface area contributed by atoms with Gasteiger partial charge in [0.15, 0.2) is 0 Å². The van der Waals surface area contributed by atoms with E-state index in [1.54, 1.807) is 0 Å². The Morgan fingerprint density at radius 1 is 1.17 bits per heavy atom. The molecule has 1 N–H and O–H groups in total. The molecule has 0 unspecified atom stereocenters. The van der Waals surface area contributed by atoms with E-state index in [1.165, 1.54) is 24.6 Å². The monoisotopic (exact) mass is 245 g/mol. The first-order chi connectivity index (χ1) is 8.75. The maximum Gasteiger partial charge on any atom is 0.134 e. The molecule has 0 atom stereocenters. The van der Waals surface area contributed by atoms with Gasteiger partial charge in [-0.1, -0.05) is 44.9 Å². The normalized spacial score (nSPS) is 11.5. The Morgan fingerprint density at radius 3 is 2.78 bits per heavy atom. The van der Waals surface area contributed by atoms with Crippen molar-refractivity contribution in [2.24, 2.45) is 5.92 Å². The van der Waals surface area contributed by atoms with Crippen molar-refractivity contribution in [2.75, 3.05) is 6.54 Å². The fourth-order valence-corrected chi connectivity index (χ4v) is 2.14. The molecule has 0 bridgehead atoms. The van der Waals surface area contributed by atoms with Crippen LogP contribution in [0.5, 0.6) is 0 Å². The number of fused-ring (bicyclic) bond motifs is 1. The van der Waals surface area contributed by atoms with Gasteiger partial charge in [0, 0.05) is 5.39 Å². The largest absolute Gasteiger partial charge is 0.460 e. The number of benzene rings is 1. The van der Waals surface area contributed by atoms with Gasteiger partial charge in [0.1, 0.15) is 11.3 Å². The standard InChI is InChI=1S/C16H23NO/c1-13(2)7-5-6-10-17-12-15-11-14-8-3-4-9-16(14)18-15/h3-4,8-9,11,13,17H,5-7,10,12H2,1-2H3. The van der Waals surface area contributed by atoms with Gasteiger partial charge in [-0.15, -0.1) is 0 Å². The molecule has 0 saturated heterocycles. The highest BCUT2D eigenvalue weighted by molar-refractivity contribution is 5.77. The first-order valence-electron chi connectivity index (χ1n) is 6.94. The van der Waals surface area contributed by atoms with Gasteiger partial charge in [-0.05, 0) is 31.0 Å². The van der Waals surface area contributed by atoms with Crippen molar-refractivity contribution < 1.29 is 4.42 Å². The number of para-hydroxylation sites is 1. The van der Waals surface area contributed by atoms with Crippen molar-refractivity contribution in [3.05, 3.63) is 36.1 Å². The second-order valence-corrected chi connectivity index (χ2v) is 5.32. The number of hydrogen-bond donors (Lipinski definition) is 1. The minimum atomic E-state index is 0.820. The quantitative estimate of drug-likeness (QED) is 0.734. The predicted octanol–water partition coefficient (Wildman–Crippen LogP) is 4.35. The van der Waals surface area contributed by atoms with Crippen LogP contribution >= 0.6 is 0 Å². The molecule has 18 heavy (non-hydrogen) atoms. The van der Waals surface area contributed by atoms with E-state index < -0.39 is 0 Å². The van der Waals surface area contributed by atoms with Crippen LogP contribution in [-0.4, -0.2) is 6.54 Å². The first kappa shape index (κ1) is 13.2. The highest BCUT2D eigenvalue weighted by Crippen LogP contribution is 2.18. The molecule has 0 radical (unpaired) electrons. The Balaban J connectivity index is 1.70. The fraction of sp³-hybridized carbons (Fsp3) is 0.500. The van der Waals surface area contributed by atoms with Gasteiger partial charge in [-0.3, -0.25) is 0 Å². The van der Waals surface area contributed by atoms with Crippen LogP contribution in [-0.2, 0) is 6.54 Å². The van der Waals surface area contributed by atoms with E-state index in [-0.39, 0.29) is 0 Å². The third-order valence-corrected chi connectivity index (χ3v) is 3.16. The Labute approximate surface area is 109 Å². The van der Waals surface area contributed by atoms with E-state index in [4.69, 9.17) is 4.42 Å². The third-order valence-electron chi connectivity index (χ3n) is 3.16. The van der Waals surface area contributed by atoms with E-state index in [9.17, 15) is 0 Å². The maximum atomic E-state index is 5.75. The van der Waals surface area contributed by atoms with Crippen LogP contribution in [0.3, 0.4) is 0 Å². The van der Waals surface area contributed by atoms with Gasteiger partial charge in [0.25, 0.3) is 0 Å². The molecule has 2 rings (SSSR count). The van der Waals surface area contributed by atoms with Crippen molar-refractivity contribution >= 4 is 11.0 Å². The zero-order valence-electron chi connectivity index (χ0n) is 11.4. The van der Waals surface area contributed by atoms with Crippen LogP contribution in [0.1, 0.15) is 38.9 Å². The first-order valence-corrected chi connectivity index (χ1v) is 6.94. The second kappa shape index (κ2) is 6.60. The lowest BCUT2D eigenvalue weighted by Crippen LogP contribution is -2.14. The summed E-state index contributed by atoms with van der Waals surface area (Å²) in [6.45, 7) is 6.46. The van der Waals surface area contributed by atoms with Gasteiger partial charge < -0.3 is 9.73 Å². The lowest BCUT2D eigenvalue weighted by molar-refractivity contribution is 0.489. The Kier molecular flexibility index (Phi) is 4.82. The molecule has 0 aliphatic heterocycles. The van der Waals surface area contributed by atoms with Crippen LogP contribution in [0.25, 0.3) is 11.0 Å². The Morgan fingerprint density at radius 2 is 2.00 bits per heavy atom. The van der Waals surface area contributed by atoms with Crippen LogP contribution in [0.4, 0.5) is 0 Å². The molecule has 2 aromatic rings. The summed E-state index contributed by atoms with van der Waals surface area (Å²) < 4.78 is 5.75. The van der Waals surface area contributed by atoms with E-state index in [2.05, 4.69) is 31.3 Å². The van der Waals surface area contributed by atoms with E-state index in [0.717, 1.165) is 30.4 Å². The zero-order chi connectivity index (χ0) is 12.8. The smallest absolute Gasteiger partial charge is 0.134 e. The van der Waals surface area contributed by atoms with Gasteiger partial charge >= 0.3 is 0 Å². The predicted molar refractivity (Wildman–Crippen MR) is 76.6 cm³/mol. The van der Waals surface area contributed by atoms with Crippen molar-refractivity contribution in [3.63, 3.8) is 0 Å². The van der Waals surface area contributed by atoms with Gasteiger partial charge in [-0.2, -0.15) is 0 Å². The Bertz CT molecular complexity index is 440. The molecule has 0 amide bonds. The van der Waals surface area contributed by atoms with Crippen molar-refractivity contribution in [2.45, 2.75) is 39.7 Å². The zero-order valence-corrected chi connectivity index (χ0v) is 11.4. The highest BCUT2D eigenvalue weighted by atomic mass is 16.3. The molecule has 2 heteroatoms. The average molecular weight is 245 g/mol. The molecule has 0 fully saturated rings. The summed E-state index contributed by atoms with van der Waals surface area (Å²) in [7, 11) is 0. The summed E-state index contributed by atoms with van der Waals surface area (Å²) in [6.07, 6.45) is 3.88. The SMILES string of the molecule is CC(C)CCCCNCc1cc2ccccc2o1. The van der Waals surface area contributed by atoms with E-state index in [0.29, 0.717) is 0 Å². The number of hydrogen-bond acceptors (Lipinski definition) is 2. The minimum absolute atomic E-state index is 0.820. The second-order valence-electron chi connectivity index (χ2n) is 5.32. The number of nitrogens with one attached hydrogen (secondary N) is 1. The van der Waals surface area contributed by atoms with Gasteiger partial charge in [0.05, 0.1) is 6.54 Å². The summed E-state index contributed by atoms with van der Waals surface area (Å²) in [6, 6.07) is 10.3. The molecular weight excluding hydrogens is 222 g/mol. The van der Waals surface area contributed by atoms with Crippen molar-refractivity contribution in [1.82, 2.24) is 5.32 Å². The van der Waals surface area contributed by atoms with E-state index >= 15 is 0 Å². The topological polar surface area (TPSA) is 25.2 Å². The third kappa shape index (κ3) is 3.88. The van der Waals surface area contributed by atoms with Crippen molar-refractivity contribution in [3.8, 4) is 0 Å². The molecule has 2 nitrogen and oxygen atoms in total. The van der Waals surface area contributed by atoms with Crippen LogP contribution in [0.2, 0.25) is 0 Å². The lowest BCUT2D eigenvalue weighted by Gasteiger charge is -2.04. The summed E-state index contributed by atoms with van der Waals surface area (Å²) in [5.41, 5.74) is 0.981. The molecule has 0 aliphatic rings. The highest BCUT2D eigenvalue weighted by Gasteiger charge is 2.02. The van der Waals surface area contributed by atoms with Gasteiger partial charge in [-0.25, -0.2) is 0 Å². The number of rotatable bonds is 7. The summed E-state index contributed by atoms with van der Waals surface area (Å²) in [5.74, 6) is 1.85. The van der Waals surface area contributed by atoms with E-state index in [1.807, 2.05) is 18.2 Å². The number of furan rings is 1. The van der Waals surface area contributed by atoms with Crippen LogP contribution < -0.4 is 5.32 Å². The number of unbranched alkanes of at least 4 members (excludes halogenated alkanes) is 1. The summed E-state index contributed by atoms with van der Waals surface area (Å²) in [4.78, 5) is 0. The molecular formula is C16H23NO. The van der Waals surface area contributed by atoms with Crippen molar-refractivity contribution in [1.29, 1.82) is 0 Å². The molecule has 0 spiro atoms. The minimum Gasteiger partial charge on any atom is -0.460 e. The Hall–Kier alpha value is -1.28. The molecule has 0 aliphatic carbocycles. The average Bonchev–Trinajstić information content (AvgIpc) is 2.75. The summed E-state index contributed by atoms with van der Waals surface area (Å²) >= 11 is 0. The van der Waals surface area contributed by atoms with Crippen LogP contribution in [0, 0.1) is 5.92 Å². The van der Waals surface area contributed by atoms with Crippen LogP contribution in [0.15, 0.2) is 34.7 Å². The molecule has 0 saturated carbocycles. The molecule has 1 heterocycles. The molecule has 98 valence electrons. The molecule has 1 aromatic carbocycles.